The molecular formula is C13H13FN2O2. The SMILES string of the molecule is N#Cc1c(F)cccc1OCC(=O)NCC1CC1. The van der Waals surface area contributed by atoms with Gasteiger partial charge in [-0.15, -0.1) is 0 Å². The van der Waals surface area contributed by atoms with Gasteiger partial charge in [-0.1, -0.05) is 6.07 Å². The average molecular weight is 248 g/mol. The van der Waals surface area contributed by atoms with Crippen molar-refractivity contribution in [3.8, 4) is 11.8 Å². The molecule has 0 atom stereocenters. The fourth-order valence-corrected chi connectivity index (χ4v) is 1.51. The van der Waals surface area contributed by atoms with Crippen molar-refractivity contribution in [2.45, 2.75) is 12.8 Å². The molecular weight excluding hydrogens is 235 g/mol. The molecule has 0 saturated heterocycles. The van der Waals surface area contributed by atoms with E-state index in [1.807, 2.05) is 0 Å². The van der Waals surface area contributed by atoms with Gasteiger partial charge in [-0.05, 0) is 30.9 Å². The predicted octanol–water partition coefficient (Wildman–Crippen LogP) is 1.60. The molecule has 1 aromatic carbocycles. The van der Waals surface area contributed by atoms with Crippen LogP contribution in [0.5, 0.6) is 5.75 Å². The highest BCUT2D eigenvalue weighted by Gasteiger charge is 2.21. The zero-order valence-corrected chi connectivity index (χ0v) is 9.78. The summed E-state index contributed by atoms with van der Waals surface area (Å²) < 4.78 is 18.4. The van der Waals surface area contributed by atoms with E-state index < -0.39 is 5.82 Å². The van der Waals surface area contributed by atoms with Gasteiger partial charge in [0.05, 0.1) is 0 Å². The molecule has 0 radical (unpaired) electrons. The third-order valence-electron chi connectivity index (χ3n) is 2.73. The summed E-state index contributed by atoms with van der Waals surface area (Å²) in [6.07, 6.45) is 2.31. The predicted molar refractivity (Wildman–Crippen MR) is 62.3 cm³/mol. The number of nitriles is 1. The van der Waals surface area contributed by atoms with Crippen LogP contribution in [-0.4, -0.2) is 19.1 Å². The second-order valence-electron chi connectivity index (χ2n) is 4.26. The van der Waals surface area contributed by atoms with Crippen LogP contribution in [0.3, 0.4) is 0 Å². The number of halogens is 1. The Hall–Kier alpha value is -2.09. The van der Waals surface area contributed by atoms with E-state index in [0.717, 1.165) is 12.8 Å². The topological polar surface area (TPSA) is 62.1 Å². The molecule has 0 aromatic heterocycles. The lowest BCUT2D eigenvalue weighted by molar-refractivity contribution is -0.123. The minimum Gasteiger partial charge on any atom is -0.482 e. The number of nitrogens with zero attached hydrogens (tertiary/aromatic N) is 1. The van der Waals surface area contributed by atoms with E-state index in [2.05, 4.69) is 5.32 Å². The smallest absolute Gasteiger partial charge is 0.257 e. The monoisotopic (exact) mass is 248 g/mol. The summed E-state index contributed by atoms with van der Waals surface area (Å²) in [5.41, 5.74) is -0.174. The molecule has 0 unspecified atom stereocenters. The molecule has 1 aliphatic rings. The van der Waals surface area contributed by atoms with Gasteiger partial charge >= 0.3 is 0 Å². The first-order valence-electron chi connectivity index (χ1n) is 5.79. The van der Waals surface area contributed by atoms with Crippen molar-refractivity contribution in [3.63, 3.8) is 0 Å². The van der Waals surface area contributed by atoms with Gasteiger partial charge in [0.2, 0.25) is 0 Å². The number of benzene rings is 1. The highest BCUT2D eigenvalue weighted by Crippen LogP contribution is 2.27. The van der Waals surface area contributed by atoms with Crippen molar-refractivity contribution in [1.82, 2.24) is 5.32 Å². The lowest BCUT2D eigenvalue weighted by Gasteiger charge is -2.08. The van der Waals surface area contributed by atoms with Crippen LogP contribution < -0.4 is 10.1 Å². The summed E-state index contributed by atoms with van der Waals surface area (Å²) >= 11 is 0. The first-order valence-corrected chi connectivity index (χ1v) is 5.79. The van der Waals surface area contributed by atoms with Crippen LogP contribution in [0.15, 0.2) is 18.2 Å². The van der Waals surface area contributed by atoms with Crippen LogP contribution >= 0.6 is 0 Å². The van der Waals surface area contributed by atoms with Crippen LogP contribution in [0.4, 0.5) is 4.39 Å². The van der Waals surface area contributed by atoms with Crippen LogP contribution in [0.25, 0.3) is 0 Å². The Kier molecular flexibility index (Phi) is 3.78. The number of hydrogen-bond acceptors (Lipinski definition) is 3. The molecule has 5 heteroatoms. The third kappa shape index (κ3) is 3.20. The second kappa shape index (κ2) is 5.50. The first kappa shape index (κ1) is 12.4. The molecule has 1 aromatic rings. The lowest BCUT2D eigenvalue weighted by atomic mass is 10.2. The minimum atomic E-state index is -0.645. The number of carbonyl (C=O) groups is 1. The highest BCUT2D eigenvalue weighted by atomic mass is 19.1. The van der Waals surface area contributed by atoms with E-state index in [1.165, 1.54) is 18.2 Å². The van der Waals surface area contributed by atoms with Gasteiger partial charge in [0.25, 0.3) is 5.91 Å². The van der Waals surface area contributed by atoms with Crippen molar-refractivity contribution < 1.29 is 13.9 Å². The lowest BCUT2D eigenvalue weighted by Crippen LogP contribution is -2.30. The zero-order chi connectivity index (χ0) is 13.0. The molecule has 18 heavy (non-hydrogen) atoms. The largest absolute Gasteiger partial charge is 0.482 e. The quantitative estimate of drug-likeness (QED) is 0.861. The first-order chi connectivity index (χ1) is 8.70. The van der Waals surface area contributed by atoms with Crippen molar-refractivity contribution >= 4 is 5.91 Å². The molecule has 1 aliphatic carbocycles. The van der Waals surface area contributed by atoms with Crippen LogP contribution in [0.2, 0.25) is 0 Å². The maximum atomic E-state index is 13.2. The van der Waals surface area contributed by atoms with Gasteiger partial charge in [0.1, 0.15) is 23.2 Å². The van der Waals surface area contributed by atoms with Crippen molar-refractivity contribution in [2.75, 3.05) is 13.2 Å². The van der Waals surface area contributed by atoms with Crippen LogP contribution in [0.1, 0.15) is 18.4 Å². The Labute approximate surface area is 104 Å². The summed E-state index contributed by atoms with van der Waals surface area (Å²) in [5.74, 6) is -0.208. The normalized spacial score (nSPS) is 13.8. The van der Waals surface area contributed by atoms with E-state index in [0.29, 0.717) is 12.5 Å². The summed E-state index contributed by atoms with van der Waals surface area (Å²) in [6, 6.07) is 5.80. The number of rotatable bonds is 5. The molecule has 1 N–H and O–H groups in total. The Morgan fingerprint density at radius 1 is 1.56 bits per heavy atom. The average Bonchev–Trinajstić information content (AvgIpc) is 3.18. The number of amides is 1. The summed E-state index contributed by atoms with van der Waals surface area (Å²) in [6.45, 7) is 0.460. The number of nitrogens with one attached hydrogen (secondary N) is 1. The molecule has 1 amide bonds. The van der Waals surface area contributed by atoms with Gasteiger partial charge in [-0.3, -0.25) is 4.79 Å². The maximum Gasteiger partial charge on any atom is 0.257 e. The molecule has 4 nitrogen and oxygen atoms in total. The fraction of sp³-hybridized carbons (Fsp3) is 0.385. The Bertz CT molecular complexity index is 492. The van der Waals surface area contributed by atoms with Gasteiger partial charge in [0.15, 0.2) is 6.61 Å². The van der Waals surface area contributed by atoms with Crippen LogP contribution in [0, 0.1) is 23.1 Å². The Morgan fingerprint density at radius 3 is 3.00 bits per heavy atom. The van der Waals surface area contributed by atoms with E-state index in [-0.39, 0.29) is 23.8 Å². The van der Waals surface area contributed by atoms with Gasteiger partial charge in [-0.25, -0.2) is 4.39 Å². The standard InChI is InChI=1S/C13H13FN2O2/c14-11-2-1-3-12(10(11)6-15)18-8-13(17)16-7-9-4-5-9/h1-3,9H,4-5,7-8H2,(H,16,17). The summed E-state index contributed by atoms with van der Waals surface area (Å²) in [7, 11) is 0. The molecule has 0 heterocycles. The van der Waals surface area contributed by atoms with Crippen molar-refractivity contribution in [2.24, 2.45) is 5.92 Å². The van der Waals surface area contributed by atoms with Crippen molar-refractivity contribution in [3.05, 3.63) is 29.6 Å². The minimum absolute atomic E-state index is 0.0964. The highest BCUT2D eigenvalue weighted by molar-refractivity contribution is 5.77. The molecule has 2 rings (SSSR count). The van der Waals surface area contributed by atoms with Gasteiger partial charge in [-0.2, -0.15) is 5.26 Å². The molecule has 0 aliphatic heterocycles. The Morgan fingerprint density at radius 2 is 2.33 bits per heavy atom. The van der Waals surface area contributed by atoms with Gasteiger partial charge < -0.3 is 10.1 Å². The van der Waals surface area contributed by atoms with E-state index in [4.69, 9.17) is 10.00 Å². The number of hydrogen-bond donors (Lipinski definition) is 1. The van der Waals surface area contributed by atoms with E-state index in [9.17, 15) is 9.18 Å². The molecule has 0 spiro atoms. The number of ether oxygens (including phenoxy) is 1. The fourth-order valence-electron chi connectivity index (χ4n) is 1.51. The van der Waals surface area contributed by atoms with Gasteiger partial charge in [0, 0.05) is 6.54 Å². The number of carbonyl (C=O) groups excluding carboxylic acids is 1. The molecule has 1 saturated carbocycles. The molecule has 0 bridgehead atoms. The third-order valence-corrected chi connectivity index (χ3v) is 2.73. The van der Waals surface area contributed by atoms with E-state index in [1.54, 1.807) is 6.07 Å². The summed E-state index contributed by atoms with van der Waals surface area (Å²) in [4.78, 5) is 11.4. The Balaban J connectivity index is 1.87. The second-order valence-corrected chi connectivity index (χ2v) is 4.26. The van der Waals surface area contributed by atoms with Crippen molar-refractivity contribution in [1.29, 1.82) is 5.26 Å². The maximum absolute atomic E-state index is 13.2. The van der Waals surface area contributed by atoms with Crippen LogP contribution in [-0.2, 0) is 4.79 Å². The molecule has 94 valence electrons. The van der Waals surface area contributed by atoms with E-state index >= 15 is 0 Å². The summed E-state index contributed by atoms with van der Waals surface area (Å²) in [5, 5.41) is 11.5. The zero-order valence-electron chi connectivity index (χ0n) is 9.78. The molecule has 1 fully saturated rings.